The molecule has 3 aromatic rings. The van der Waals surface area contributed by atoms with Gasteiger partial charge in [0.25, 0.3) is 5.56 Å². The van der Waals surface area contributed by atoms with Crippen LogP contribution < -0.4 is 10.9 Å². The highest BCUT2D eigenvalue weighted by atomic mass is 35.5. The van der Waals surface area contributed by atoms with Crippen molar-refractivity contribution in [1.29, 1.82) is 0 Å². The Labute approximate surface area is 210 Å². The number of nitrogens with one attached hydrogen (secondary N) is 1. The van der Waals surface area contributed by atoms with Gasteiger partial charge in [0.05, 0.1) is 35.1 Å². The van der Waals surface area contributed by atoms with Gasteiger partial charge in [0.2, 0.25) is 5.91 Å². The zero-order valence-corrected chi connectivity index (χ0v) is 20.5. The first kappa shape index (κ1) is 23.1. The predicted molar refractivity (Wildman–Crippen MR) is 131 cm³/mol. The molecule has 6 rings (SSSR count). The Hall–Kier alpha value is -3.27. The van der Waals surface area contributed by atoms with Gasteiger partial charge in [0.1, 0.15) is 13.2 Å². The fourth-order valence-corrected chi connectivity index (χ4v) is 6.16. The van der Waals surface area contributed by atoms with E-state index in [2.05, 4.69) is 5.32 Å². The minimum atomic E-state index is -1.92. The van der Waals surface area contributed by atoms with Crippen molar-refractivity contribution in [3.63, 3.8) is 0 Å². The highest BCUT2D eigenvalue weighted by Gasteiger charge is 2.46. The SMILES string of the molecule is CC[C@@]1(O)C(=O)OCc2c1cc1n(c2=O)Cc2c-1nc1cc(Cl)c(C)c3c1c2[C@@H](NC(=O)CO)CC3. The topological polar surface area (TPSA) is 131 Å². The van der Waals surface area contributed by atoms with Crippen LogP contribution in [0.2, 0.25) is 5.02 Å². The first-order valence-electron chi connectivity index (χ1n) is 11.9. The van der Waals surface area contributed by atoms with Crippen LogP contribution in [0.5, 0.6) is 0 Å². The molecular weight excluding hydrogens is 486 g/mol. The summed E-state index contributed by atoms with van der Waals surface area (Å²) in [6.45, 7) is 3.00. The number of aromatic nitrogens is 2. The van der Waals surface area contributed by atoms with E-state index < -0.39 is 24.1 Å². The number of aliphatic hydroxyl groups is 2. The molecule has 2 aliphatic heterocycles. The lowest BCUT2D eigenvalue weighted by Crippen LogP contribution is -2.44. The molecule has 0 spiro atoms. The van der Waals surface area contributed by atoms with Crippen LogP contribution in [0.25, 0.3) is 22.3 Å². The monoisotopic (exact) mass is 509 g/mol. The second kappa shape index (κ2) is 7.86. The lowest BCUT2D eigenvalue weighted by molar-refractivity contribution is -0.172. The number of aryl methyl sites for hydroxylation is 1. The third-order valence-corrected chi connectivity index (χ3v) is 8.25. The van der Waals surface area contributed by atoms with Crippen molar-refractivity contribution in [3.8, 4) is 11.4 Å². The molecule has 186 valence electrons. The second-order valence-electron chi connectivity index (χ2n) is 9.63. The number of benzene rings is 1. The van der Waals surface area contributed by atoms with E-state index in [1.165, 1.54) is 0 Å². The van der Waals surface area contributed by atoms with E-state index in [1.807, 2.05) is 6.92 Å². The van der Waals surface area contributed by atoms with Crippen LogP contribution in [0.1, 0.15) is 59.2 Å². The predicted octanol–water partition coefficient (Wildman–Crippen LogP) is 2.14. The van der Waals surface area contributed by atoms with Gasteiger partial charge >= 0.3 is 5.97 Å². The van der Waals surface area contributed by atoms with Crippen molar-refractivity contribution >= 4 is 34.4 Å². The van der Waals surface area contributed by atoms with Crippen LogP contribution in [0.3, 0.4) is 0 Å². The van der Waals surface area contributed by atoms with Crippen molar-refractivity contribution in [1.82, 2.24) is 14.9 Å². The van der Waals surface area contributed by atoms with E-state index in [9.17, 15) is 24.6 Å². The number of esters is 1. The third-order valence-electron chi connectivity index (χ3n) is 7.86. The van der Waals surface area contributed by atoms with Crippen molar-refractivity contribution in [2.45, 2.75) is 57.9 Å². The van der Waals surface area contributed by atoms with E-state index in [0.717, 1.165) is 27.6 Å². The minimum absolute atomic E-state index is 0.0541. The lowest BCUT2D eigenvalue weighted by Gasteiger charge is -2.31. The van der Waals surface area contributed by atoms with Crippen LogP contribution in [0.15, 0.2) is 16.9 Å². The summed E-state index contributed by atoms with van der Waals surface area (Å²) in [6.07, 6.45) is 1.33. The molecule has 3 N–H and O–H groups in total. The average molecular weight is 510 g/mol. The highest BCUT2D eigenvalue weighted by Crippen LogP contribution is 2.46. The van der Waals surface area contributed by atoms with Crippen molar-refractivity contribution < 1.29 is 24.5 Å². The lowest BCUT2D eigenvalue weighted by atomic mass is 9.81. The minimum Gasteiger partial charge on any atom is -0.458 e. The average Bonchev–Trinajstić information content (AvgIpc) is 3.24. The number of halogens is 1. The molecule has 3 aliphatic rings. The van der Waals surface area contributed by atoms with E-state index in [-0.39, 0.29) is 42.3 Å². The Morgan fingerprint density at radius 2 is 2.08 bits per heavy atom. The molecule has 0 bridgehead atoms. The number of ether oxygens (including phenoxy) is 1. The summed E-state index contributed by atoms with van der Waals surface area (Å²) in [5.74, 6) is -1.26. The normalized spacial score (nSPS) is 21.6. The molecule has 1 aliphatic carbocycles. The number of aliphatic hydroxyl groups excluding tert-OH is 1. The molecule has 1 aromatic carbocycles. The van der Waals surface area contributed by atoms with Crippen LogP contribution >= 0.6 is 11.6 Å². The number of cyclic esters (lactones) is 1. The van der Waals surface area contributed by atoms with Gasteiger partial charge in [-0.05, 0) is 55.0 Å². The molecule has 0 unspecified atom stereocenters. The molecule has 2 atom stereocenters. The fraction of sp³-hybridized carbons (Fsp3) is 0.385. The standard InChI is InChI=1S/C26H24ClN3O6/c1-3-26(35)15-6-19-23-13(8-30(19)24(33)14(15)10-36-25(26)34)22-17(28-20(32)9-31)5-4-12-11(2)16(27)7-18(29-23)21(12)22/h6-7,17,31,35H,3-5,8-10H2,1-2H3,(H,28,32)/t17-,26-/m0/s1. The quantitative estimate of drug-likeness (QED) is 0.361. The van der Waals surface area contributed by atoms with Gasteiger partial charge < -0.3 is 24.8 Å². The van der Waals surface area contributed by atoms with Gasteiger partial charge in [-0.3, -0.25) is 9.59 Å². The number of nitrogens with zero attached hydrogens (tertiary/aromatic N) is 2. The number of hydrogen-bond donors (Lipinski definition) is 3. The Morgan fingerprint density at radius 1 is 1.31 bits per heavy atom. The number of hydrogen-bond acceptors (Lipinski definition) is 7. The molecule has 2 aromatic heterocycles. The summed E-state index contributed by atoms with van der Waals surface area (Å²) in [7, 11) is 0. The Morgan fingerprint density at radius 3 is 2.81 bits per heavy atom. The first-order valence-corrected chi connectivity index (χ1v) is 12.3. The summed E-state index contributed by atoms with van der Waals surface area (Å²) in [6, 6.07) is 3.07. The number of amides is 1. The zero-order chi connectivity index (χ0) is 25.5. The Kier molecular flexibility index (Phi) is 5.06. The van der Waals surface area contributed by atoms with Gasteiger partial charge in [-0.2, -0.15) is 0 Å². The van der Waals surface area contributed by atoms with E-state index in [1.54, 1.807) is 23.6 Å². The fourth-order valence-electron chi connectivity index (χ4n) is 5.94. The van der Waals surface area contributed by atoms with Crippen LogP contribution in [-0.4, -0.2) is 38.2 Å². The molecular formula is C26H24ClN3O6. The zero-order valence-electron chi connectivity index (χ0n) is 19.8. The summed E-state index contributed by atoms with van der Waals surface area (Å²) < 4.78 is 6.74. The third kappa shape index (κ3) is 2.96. The molecule has 4 heterocycles. The summed E-state index contributed by atoms with van der Waals surface area (Å²) in [5, 5.41) is 24.9. The van der Waals surface area contributed by atoms with Crippen LogP contribution in [0.4, 0.5) is 0 Å². The molecule has 0 saturated carbocycles. The van der Waals surface area contributed by atoms with Crippen LogP contribution in [0, 0.1) is 6.92 Å². The maximum atomic E-state index is 13.6. The number of rotatable bonds is 3. The molecule has 0 fully saturated rings. The smallest absolute Gasteiger partial charge is 0.343 e. The molecule has 1 amide bonds. The highest BCUT2D eigenvalue weighted by molar-refractivity contribution is 6.32. The number of pyridine rings is 2. The summed E-state index contributed by atoms with van der Waals surface area (Å²) in [5.41, 5.74) is 3.56. The van der Waals surface area contributed by atoms with E-state index >= 15 is 0 Å². The van der Waals surface area contributed by atoms with Gasteiger partial charge in [-0.15, -0.1) is 0 Å². The second-order valence-corrected chi connectivity index (χ2v) is 10.0. The number of fused-ring (bicyclic) bond motifs is 5. The maximum absolute atomic E-state index is 13.6. The summed E-state index contributed by atoms with van der Waals surface area (Å²) >= 11 is 6.55. The number of carbonyl (C=O) groups is 2. The number of carbonyl (C=O) groups excluding carboxylic acids is 2. The maximum Gasteiger partial charge on any atom is 0.343 e. The molecule has 0 radical (unpaired) electrons. The van der Waals surface area contributed by atoms with Gasteiger partial charge in [-0.1, -0.05) is 18.5 Å². The van der Waals surface area contributed by atoms with Gasteiger partial charge in [0.15, 0.2) is 5.60 Å². The molecule has 9 nitrogen and oxygen atoms in total. The Bertz CT molecular complexity index is 1580. The largest absolute Gasteiger partial charge is 0.458 e. The van der Waals surface area contributed by atoms with Gasteiger partial charge in [-0.25, -0.2) is 9.78 Å². The Balaban J connectivity index is 1.66. The first-order chi connectivity index (χ1) is 17.2. The molecule has 0 saturated heterocycles. The van der Waals surface area contributed by atoms with E-state index in [0.29, 0.717) is 34.8 Å². The molecule has 10 heteroatoms. The molecule has 36 heavy (non-hydrogen) atoms. The van der Waals surface area contributed by atoms with Gasteiger partial charge in [0, 0.05) is 21.5 Å². The van der Waals surface area contributed by atoms with Crippen molar-refractivity contribution in [2.24, 2.45) is 0 Å². The van der Waals surface area contributed by atoms with E-state index in [4.69, 9.17) is 21.3 Å². The summed E-state index contributed by atoms with van der Waals surface area (Å²) in [4.78, 5) is 43.1. The van der Waals surface area contributed by atoms with Crippen LogP contribution in [-0.2, 0) is 39.5 Å². The van der Waals surface area contributed by atoms with Crippen molar-refractivity contribution in [3.05, 3.63) is 60.9 Å². The van der Waals surface area contributed by atoms with Crippen molar-refractivity contribution in [2.75, 3.05) is 6.61 Å².